The lowest BCUT2D eigenvalue weighted by atomic mass is 9.43. The van der Waals surface area contributed by atoms with Gasteiger partial charge in [0.1, 0.15) is 18.1 Å². The first-order valence-corrected chi connectivity index (χ1v) is 19.5. The van der Waals surface area contributed by atoms with Gasteiger partial charge in [-0.15, -0.1) is 0 Å². The minimum absolute atomic E-state index is 0.0446. The summed E-state index contributed by atoms with van der Waals surface area (Å²) in [5.74, 6) is -3.39. The second kappa shape index (κ2) is 21.9. The summed E-state index contributed by atoms with van der Waals surface area (Å²) in [5, 5.41) is 34.4. The van der Waals surface area contributed by atoms with Crippen LogP contribution in [0.4, 0.5) is 0 Å². The quantitative estimate of drug-likeness (QED) is 0.0318. The van der Waals surface area contributed by atoms with E-state index in [0.717, 1.165) is 32.1 Å². The molecule has 0 spiro atoms. The van der Waals surface area contributed by atoms with Crippen LogP contribution in [0.1, 0.15) is 119 Å². The summed E-state index contributed by atoms with van der Waals surface area (Å²) in [7, 11) is 1.49. The third kappa shape index (κ3) is 13.8. The van der Waals surface area contributed by atoms with Crippen LogP contribution in [0.2, 0.25) is 0 Å². The van der Waals surface area contributed by atoms with E-state index in [2.05, 4.69) is 47.4 Å². The number of aliphatic hydroxyl groups is 2. The highest BCUT2D eigenvalue weighted by atomic mass is 16.5. The zero-order valence-electron chi connectivity index (χ0n) is 32.7. The molecule has 3 aliphatic rings. The fraction of sp³-hybridized carbons (Fsp3) is 0.861. The predicted octanol–water partition coefficient (Wildman–Crippen LogP) is -0.656. The Morgan fingerprint density at radius 1 is 0.792 bits per heavy atom. The van der Waals surface area contributed by atoms with Crippen molar-refractivity contribution in [3.63, 3.8) is 0 Å². The summed E-state index contributed by atoms with van der Waals surface area (Å²) in [6, 6.07) is -3.59. The fourth-order valence-electron chi connectivity index (χ4n) is 7.48. The van der Waals surface area contributed by atoms with Gasteiger partial charge in [0, 0.05) is 12.4 Å². The van der Waals surface area contributed by atoms with Gasteiger partial charge < -0.3 is 58.7 Å². The summed E-state index contributed by atoms with van der Waals surface area (Å²) < 4.78 is 6.00. The molecule has 3 rings (SSSR count). The average molecular weight is 752 g/mol. The van der Waals surface area contributed by atoms with Gasteiger partial charge in [0.25, 0.3) is 5.91 Å². The van der Waals surface area contributed by atoms with Gasteiger partial charge in [-0.1, -0.05) is 46.5 Å². The maximum absolute atomic E-state index is 13.3. The minimum Gasteiger partial charge on any atom is -0.433 e. The first-order chi connectivity index (χ1) is 24.9. The summed E-state index contributed by atoms with van der Waals surface area (Å²) in [6.07, 6.45) is 4.64. The molecule has 10 atom stereocenters. The summed E-state index contributed by atoms with van der Waals surface area (Å²) in [4.78, 5) is 65.2. The van der Waals surface area contributed by atoms with Gasteiger partial charge in [-0.3, -0.25) is 24.0 Å². The van der Waals surface area contributed by atoms with Crippen LogP contribution in [0, 0.1) is 17.3 Å². The molecule has 5 amide bonds. The van der Waals surface area contributed by atoms with E-state index in [-0.39, 0.29) is 43.0 Å². The number of nitrogens with two attached hydrogens (primary N) is 3. The number of carbonyl (C=O) groups excluding carboxylic acids is 5. The Hall–Kier alpha value is -2.83. The van der Waals surface area contributed by atoms with Crippen molar-refractivity contribution >= 4 is 37.0 Å². The highest BCUT2D eigenvalue weighted by Gasteiger charge is 2.63. The molecule has 16 nitrogen and oxygen atoms in total. The molecule has 303 valence electrons. The Balaban J connectivity index is 1.96. The Kier molecular flexibility index (Phi) is 19.2. The van der Waals surface area contributed by atoms with Gasteiger partial charge in [0.2, 0.25) is 23.6 Å². The molecular weight excluding hydrogens is 683 g/mol. The van der Waals surface area contributed by atoms with Gasteiger partial charge in [-0.2, -0.15) is 0 Å². The molecule has 1 radical (unpaired) electrons. The molecule has 2 bridgehead atoms. The molecule has 0 aromatic heterocycles. The SMILES string of the molecule is CCCCCCCC(=O)NC(CCN)C(=O)NC(C(=O)NC(N)C(=O)NC(CCCCN)C(=O)NC(C)[B]OC1CC2CC(C2(C)C)C1(C)O)C(C)O. The molecule has 10 unspecified atom stereocenters. The number of carbonyl (C=O) groups is 5. The standard InChI is InChI=1S/C36H68BN8O8/c1-7-8-9-10-11-15-28(47)42-25(16-18-39)32(49)44-29(21(2)46)33(50)45-30(40)34(51)43-24(14-12-13-17-38)31(48)41-22(3)37-53-27-20-23-19-26(35(23,4)5)36(27,6)52/h21-27,29-30,46,52H,7-20,38-40H2,1-6H3,(H,41,48)(H,42,47)(H,43,51)(H,44,49)(H,45,50). The molecule has 3 fully saturated rings. The fourth-order valence-corrected chi connectivity index (χ4v) is 7.48. The van der Waals surface area contributed by atoms with E-state index in [1.54, 1.807) is 13.8 Å². The molecule has 0 aromatic rings. The minimum atomic E-state index is -1.64. The molecule has 0 saturated heterocycles. The second-order valence-electron chi connectivity index (χ2n) is 15.7. The molecule has 3 aliphatic carbocycles. The Labute approximate surface area is 316 Å². The summed E-state index contributed by atoms with van der Waals surface area (Å²) in [6.45, 7) is 11.7. The van der Waals surface area contributed by atoms with Gasteiger partial charge in [-0.05, 0) is 96.1 Å². The molecule has 0 heterocycles. The third-order valence-electron chi connectivity index (χ3n) is 11.0. The van der Waals surface area contributed by atoms with Crippen LogP contribution in [0.3, 0.4) is 0 Å². The van der Waals surface area contributed by atoms with Crippen molar-refractivity contribution in [2.45, 2.75) is 167 Å². The van der Waals surface area contributed by atoms with Crippen LogP contribution in [0.5, 0.6) is 0 Å². The van der Waals surface area contributed by atoms with Crippen LogP contribution in [0.15, 0.2) is 0 Å². The van der Waals surface area contributed by atoms with Crippen LogP contribution in [-0.4, -0.2) is 108 Å². The number of fused-ring (bicyclic) bond motifs is 2. The van der Waals surface area contributed by atoms with Crippen molar-refractivity contribution in [2.75, 3.05) is 13.1 Å². The molecule has 13 N–H and O–H groups in total. The average Bonchev–Trinajstić information content (AvgIpc) is 3.08. The predicted molar refractivity (Wildman–Crippen MR) is 202 cm³/mol. The van der Waals surface area contributed by atoms with Crippen molar-refractivity contribution in [1.29, 1.82) is 0 Å². The number of aliphatic hydroxyl groups excluding tert-OH is 1. The van der Waals surface area contributed by atoms with Gasteiger partial charge in [0.05, 0.1) is 17.8 Å². The van der Waals surface area contributed by atoms with Gasteiger partial charge >= 0.3 is 7.48 Å². The third-order valence-corrected chi connectivity index (χ3v) is 11.0. The summed E-state index contributed by atoms with van der Waals surface area (Å²) >= 11 is 0. The molecule has 0 aliphatic heterocycles. The van der Waals surface area contributed by atoms with E-state index in [1.807, 2.05) is 0 Å². The smallest absolute Gasteiger partial charge is 0.316 e. The van der Waals surface area contributed by atoms with E-state index >= 15 is 0 Å². The number of hydrogen-bond acceptors (Lipinski definition) is 11. The van der Waals surface area contributed by atoms with Crippen LogP contribution in [0.25, 0.3) is 0 Å². The maximum Gasteiger partial charge on any atom is 0.316 e. The monoisotopic (exact) mass is 752 g/mol. The normalized spacial score (nSPS) is 24.9. The lowest BCUT2D eigenvalue weighted by Gasteiger charge is -2.65. The van der Waals surface area contributed by atoms with Crippen LogP contribution < -0.4 is 43.8 Å². The lowest BCUT2D eigenvalue weighted by Crippen LogP contribution is -2.67. The van der Waals surface area contributed by atoms with Crippen LogP contribution >= 0.6 is 0 Å². The largest absolute Gasteiger partial charge is 0.433 e. The maximum atomic E-state index is 13.3. The van der Waals surface area contributed by atoms with Crippen molar-refractivity contribution < 1.29 is 38.8 Å². The summed E-state index contributed by atoms with van der Waals surface area (Å²) in [5.41, 5.74) is 16.4. The molecule has 3 saturated carbocycles. The van der Waals surface area contributed by atoms with E-state index in [9.17, 15) is 34.2 Å². The number of rotatable bonds is 25. The molecule has 0 aromatic carbocycles. The Bertz CT molecular complexity index is 1210. The van der Waals surface area contributed by atoms with Crippen molar-refractivity contribution in [3.05, 3.63) is 0 Å². The van der Waals surface area contributed by atoms with Gasteiger partial charge in [-0.25, -0.2) is 0 Å². The highest BCUT2D eigenvalue weighted by molar-refractivity contribution is 6.30. The first-order valence-electron chi connectivity index (χ1n) is 19.5. The molecule has 17 heteroatoms. The number of nitrogens with one attached hydrogen (secondary N) is 5. The molecular formula is C36H68BN8O8. The van der Waals surface area contributed by atoms with E-state index in [1.165, 1.54) is 14.4 Å². The van der Waals surface area contributed by atoms with Crippen molar-refractivity contribution in [3.8, 4) is 0 Å². The first kappa shape index (κ1) is 46.3. The Morgan fingerprint density at radius 3 is 2.02 bits per heavy atom. The number of amides is 5. The van der Waals surface area contributed by atoms with E-state index in [0.29, 0.717) is 38.1 Å². The zero-order valence-corrected chi connectivity index (χ0v) is 32.7. The Morgan fingerprint density at radius 2 is 1.43 bits per heavy atom. The van der Waals surface area contributed by atoms with E-state index in [4.69, 9.17) is 21.9 Å². The van der Waals surface area contributed by atoms with Gasteiger partial charge in [0.15, 0.2) is 6.17 Å². The zero-order chi connectivity index (χ0) is 39.9. The molecule has 53 heavy (non-hydrogen) atoms. The van der Waals surface area contributed by atoms with Crippen molar-refractivity contribution in [1.82, 2.24) is 26.6 Å². The topological polar surface area (TPSA) is 273 Å². The van der Waals surface area contributed by atoms with Crippen LogP contribution in [-0.2, 0) is 28.6 Å². The van der Waals surface area contributed by atoms with E-state index < -0.39 is 71.7 Å². The second-order valence-corrected chi connectivity index (χ2v) is 15.7. The highest BCUT2D eigenvalue weighted by Crippen LogP contribution is 2.63. The van der Waals surface area contributed by atoms with Crippen molar-refractivity contribution in [2.24, 2.45) is 34.5 Å². The number of hydrogen-bond donors (Lipinski definition) is 10. The lowest BCUT2D eigenvalue weighted by molar-refractivity contribution is -0.239. The number of unbranched alkanes of at least 4 members (excludes halogenated alkanes) is 5.